The van der Waals surface area contributed by atoms with Gasteiger partial charge in [0.2, 0.25) is 0 Å². The number of carbonyl (C=O) groups is 2. The van der Waals surface area contributed by atoms with Crippen molar-refractivity contribution in [1.82, 2.24) is 0 Å². The molecule has 88 valence electrons. The molecule has 0 aliphatic heterocycles. The van der Waals surface area contributed by atoms with Crippen LogP contribution in [-0.2, 0) is 14.3 Å². The van der Waals surface area contributed by atoms with E-state index in [9.17, 15) is 9.59 Å². The fourth-order valence-corrected chi connectivity index (χ4v) is 1.27. The first kappa shape index (κ1) is 13.9. The average molecular weight is 216 g/mol. The molecule has 4 heteroatoms. The zero-order chi connectivity index (χ0) is 12.1. The maximum absolute atomic E-state index is 11.1. The third-order valence-electron chi connectivity index (χ3n) is 2.55. The van der Waals surface area contributed by atoms with Gasteiger partial charge in [0.05, 0.1) is 18.9 Å². The number of carboxylic acids is 1. The summed E-state index contributed by atoms with van der Waals surface area (Å²) in [7, 11) is 1.27. The molecule has 15 heavy (non-hydrogen) atoms. The average Bonchev–Trinajstić information content (AvgIpc) is 2.14. The Kier molecular flexibility index (Phi) is 5.33. The minimum absolute atomic E-state index is 0.0639. The van der Waals surface area contributed by atoms with Crippen LogP contribution in [0.4, 0.5) is 0 Å². The SMILES string of the molecule is COC(=O)C[C@](C)(CCC(C)C)C(=O)O. The molecule has 0 aliphatic rings. The van der Waals surface area contributed by atoms with Crippen LogP contribution in [0.3, 0.4) is 0 Å². The van der Waals surface area contributed by atoms with Crippen molar-refractivity contribution in [2.75, 3.05) is 7.11 Å². The van der Waals surface area contributed by atoms with Crippen molar-refractivity contribution in [3.05, 3.63) is 0 Å². The van der Waals surface area contributed by atoms with Gasteiger partial charge in [0, 0.05) is 0 Å². The van der Waals surface area contributed by atoms with Gasteiger partial charge in [0.15, 0.2) is 0 Å². The van der Waals surface area contributed by atoms with Crippen molar-refractivity contribution in [3.8, 4) is 0 Å². The van der Waals surface area contributed by atoms with Gasteiger partial charge in [-0.05, 0) is 25.7 Å². The van der Waals surface area contributed by atoms with Gasteiger partial charge in [-0.25, -0.2) is 0 Å². The van der Waals surface area contributed by atoms with Crippen LogP contribution in [0.5, 0.6) is 0 Å². The van der Waals surface area contributed by atoms with Gasteiger partial charge in [-0.3, -0.25) is 9.59 Å². The highest BCUT2D eigenvalue weighted by Crippen LogP contribution is 2.30. The Labute approximate surface area is 90.6 Å². The Hall–Kier alpha value is -1.06. The van der Waals surface area contributed by atoms with Crippen LogP contribution in [-0.4, -0.2) is 24.2 Å². The number of methoxy groups -OCH3 is 1. The summed E-state index contributed by atoms with van der Waals surface area (Å²) in [6.45, 7) is 5.65. The van der Waals surface area contributed by atoms with Crippen molar-refractivity contribution in [2.24, 2.45) is 11.3 Å². The molecule has 0 saturated heterocycles. The number of hydrogen-bond acceptors (Lipinski definition) is 3. The van der Waals surface area contributed by atoms with Gasteiger partial charge in [0.25, 0.3) is 0 Å². The van der Waals surface area contributed by atoms with E-state index in [1.165, 1.54) is 7.11 Å². The molecule has 0 spiro atoms. The summed E-state index contributed by atoms with van der Waals surface area (Å²) in [5.74, 6) is -0.974. The Morgan fingerprint density at radius 1 is 1.40 bits per heavy atom. The molecule has 4 nitrogen and oxygen atoms in total. The third kappa shape index (κ3) is 4.81. The highest BCUT2D eigenvalue weighted by molar-refractivity contribution is 5.81. The first-order chi connectivity index (χ1) is 6.81. The van der Waals surface area contributed by atoms with E-state index < -0.39 is 17.4 Å². The van der Waals surface area contributed by atoms with Crippen molar-refractivity contribution in [2.45, 2.75) is 40.0 Å². The third-order valence-corrected chi connectivity index (χ3v) is 2.55. The maximum Gasteiger partial charge on any atom is 0.309 e. The van der Waals surface area contributed by atoms with Crippen LogP contribution in [0.25, 0.3) is 0 Å². The number of esters is 1. The number of aliphatic carboxylic acids is 1. The quantitative estimate of drug-likeness (QED) is 0.690. The summed E-state index contributed by atoms with van der Waals surface area (Å²) in [4.78, 5) is 22.2. The van der Waals surface area contributed by atoms with Gasteiger partial charge < -0.3 is 9.84 Å². The number of carbonyl (C=O) groups excluding carboxylic acids is 1. The molecule has 0 heterocycles. The molecule has 1 N–H and O–H groups in total. The van der Waals surface area contributed by atoms with Crippen molar-refractivity contribution in [3.63, 3.8) is 0 Å². The molecule has 0 bridgehead atoms. The fourth-order valence-electron chi connectivity index (χ4n) is 1.27. The number of hydrogen-bond donors (Lipinski definition) is 1. The monoisotopic (exact) mass is 216 g/mol. The topological polar surface area (TPSA) is 63.6 Å². The Balaban J connectivity index is 4.45. The predicted octanol–water partition coefficient (Wildman–Crippen LogP) is 2.08. The molecule has 0 saturated carbocycles. The second kappa shape index (κ2) is 5.73. The Morgan fingerprint density at radius 2 is 1.93 bits per heavy atom. The van der Waals surface area contributed by atoms with Crippen LogP contribution in [0, 0.1) is 11.3 Å². The molecule has 0 unspecified atom stereocenters. The van der Waals surface area contributed by atoms with Gasteiger partial charge in [-0.2, -0.15) is 0 Å². The lowest BCUT2D eigenvalue weighted by Crippen LogP contribution is -2.31. The van der Waals surface area contributed by atoms with E-state index in [4.69, 9.17) is 5.11 Å². The molecule has 0 fully saturated rings. The van der Waals surface area contributed by atoms with Crippen LogP contribution in [0.15, 0.2) is 0 Å². The van der Waals surface area contributed by atoms with E-state index in [2.05, 4.69) is 4.74 Å². The molecule has 0 rings (SSSR count). The van der Waals surface area contributed by atoms with E-state index in [1.54, 1.807) is 6.92 Å². The van der Waals surface area contributed by atoms with Gasteiger partial charge >= 0.3 is 11.9 Å². The van der Waals surface area contributed by atoms with E-state index in [0.717, 1.165) is 6.42 Å². The molecular formula is C11H20O4. The maximum atomic E-state index is 11.1. The van der Waals surface area contributed by atoms with Crippen LogP contribution >= 0.6 is 0 Å². The fraction of sp³-hybridized carbons (Fsp3) is 0.818. The second-order valence-corrected chi connectivity index (χ2v) is 4.55. The van der Waals surface area contributed by atoms with Crippen LogP contribution in [0.1, 0.15) is 40.0 Å². The van der Waals surface area contributed by atoms with Gasteiger partial charge in [-0.1, -0.05) is 13.8 Å². The Bertz CT molecular complexity index is 235. The normalized spacial score (nSPS) is 14.7. The highest BCUT2D eigenvalue weighted by Gasteiger charge is 2.35. The minimum atomic E-state index is -1.00. The molecular weight excluding hydrogens is 196 g/mol. The Morgan fingerprint density at radius 3 is 2.27 bits per heavy atom. The van der Waals surface area contributed by atoms with E-state index in [0.29, 0.717) is 12.3 Å². The molecule has 0 amide bonds. The highest BCUT2D eigenvalue weighted by atomic mass is 16.5. The first-order valence-corrected chi connectivity index (χ1v) is 5.12. The lowest BCUT2D eigenvalue weighted by Gasteiger charge is -2.24. The summed E-state index contributed by atoms with van der Waals surface area (Å²) in [6, 6.07) is 0. The number of carboxylic acid groups (broad SMARTS) is 1. The van der Waals surface area contributed by atoms with Crippen molar-refractivity contribution >= 4 is 11.9 Å². The largest absolute Gasteiger partial charge is 0.481 e. The molecule has 0 aliphatic carbocycles. The number of ether oxygens (including phenoxy) is 1. The summed E-state index contributed by atoms with van der Waals surface area (Å²) in [5, 5.41) is 9.08. The smallest absolute Gasteiger partial charge is 0.309 e. The van der Waals surface area contributed by atoms with E-state index >= 15 is 0 Å². The molecule has 0 radical (unpaired) electrons. The summed E-state index contributed by atoms with van der Waals surface area (Å²) >= 11 is 0. The molecule has 1 atom stereocenters. The number of rotatable bonds is 6. The van der Waals surface area contributed by atoms with Gasteiger partial charge in [-0.15, -0.1) is 0 Å². The zero-order valence-corrected chi connectivity index (χ0v) is 9.87. The summed E-state index contributed by atoms with van der Waals surface area (Å²) < 4.78 is 4.50. The summed E-state index contributed by atoms with van der Waals surface area (Å²) in [6.07, 6.45) is 1.22. The molecule has 0 aromatic heterocycles. The predicted molar refractivity (Wildman–Crippen MR) is 56.4 cm³/mol. The minimum Gasteiger partial charge on any atom is -0.481 e. The molecule has 0 aromatic carbocycles. The summed E-state index contributed by atoms with van der Waals surface area (Å²) in [5.41, 5.74) is -1.00. The van der Waals surface area contributed by atoms with E-state index in [1.807, 2.05) is 13.8 Å². The van der Waals surface area contributed by atoms with E-state index in [-0.39, 0.29) is 6.42 Å². The lowest BCUT2D eigenvalue weighted by molar-refractivity contribution is -0.156. The standard InChI is InChI=1S/C11H20O4/c1-8(2)5-6-11(3,10(13)14)7-9(12)15-4/h8H,5-7H2,1-4H3,(H,13,14)/t11-/m0/s1. The zero-order valence-electron chi connectivity index (χ0n) is 9.87. The van der Waals surface area contributed by atoms with Crippen LogP contribution < -0.4 is 0 Å². The van der Waals surface area contributed by atoms with Crippen LogP contribution in [0.2, 0.25) is 0 Å². The van der Waals surface area contributed by atoms with Crippen molar-refractivity contribution in [1.29, 1.82) is 0 Å². The van der Waals surface area contributed by atoms with Crippen molar-refractivity contribution < 1.29 is 19.4 Å². The molecule has 0 aromatic rings. The first-order valence-electron chi connectivity index (χ1n) is 5.12. The second-order valence-electron chi connectivity index (χ2n) is 4.55. The lowest BCUT2D eigenvalue weighted by atomic mass is 9.80. The van der Waals surface area contributed by atoms with Gasteiger partial charge in [0.1, 0.15) is 0 Å².